The summed E-state index contributed by atoms with van der Waals surface area (Å²) in [5.41, 5.74) is -1.44. The van der Waals surface area contributed by atoms with Crippen LogP contribution < -0.4 is 15.0 Å². The van der Waals surface area contributed by atoms with Crippen molar-refractivity contribution in [3.05, 3.63) is 71.8 Å². The van der Waals surface area contributed by atoms with E-state index in [2.05, 4.69) is 15.3 Å². The van der Waals surface area contributed by atoms with Crippen LogP contribution in [0.3, 0.4) is 0 Å². The van der Waals surface area contributed by atoms with E-state index in [9.17, 15) is 22.4 Å². The molecule has 0 unspecified atom stereocenters. The van der Waals surface area contributed by atoms with Gasteiger partial charge in [0.15, 0.2) is 5.82 Å². The molecule has 2 heterocycles. The third kappa shape index (κ3) is 4.32. The number of hydrogen-bond acceptors (Lipinski definition) is 5. The lowest BCUT2D eigenvalue weighted by molar-refractivity contribution is -0.139. The van der Waals surface area contributed by atoms with E-state index < -0.39 is 29.2 Å². The fourth-order valence-corrected chi connectivity index (χ4v) is 2.69. The van der Waals surface area contributed by atoms with Crippen molar-refractivity contribution in [1.29, 1.82) is 0 Å². The number of aromatic nitrogens is 2. The van der Waals surface area contributed by atoms with E-state index >= 15 is 0 Å². The SMILES string of the molecule is COc1ccc(N(C)c2ncccc2C(=O)Nc2cccc(C(F)(F)F)c2F)cn1. The highest BCUT2D eigenvalue weighted by atomic mass is 19.4. The third-order valence-electron chi connectivity index (χ3n) is 4.22. The van der Waals surface area contributed by atoms with Crippen LogP contribution in [0.4, 0.5) is 34.8 Å². The van der Waals surface area contributed by atoms with Crippen LogP contribution in [0.25, 0.3) is 0 Å². The van der Waals surface area contributed by atoms with Crippen LogP contribution in [-0.4, -0.2) is 30.0 Å². The molecule has 30 heavy (non-hydrogen) atoms. The van der Waals surface area contributed by atoms with Crippen LogP contribution in [0.5, 0.6) is 5.88 Å². The number of amides is 1. The summed E-state index contributed by atoms with van der Waals surface area (Å²) in [5, 5.41) is 2.19. The predicted molar refractivity (Wildman–Crippen MR) is 102 cm³/mol. The van der Waals surface area contributed by atoms with E-state index in [1.54, 1.807) is 24.1 Å². The Kier molecular flexibility index (Phi) is 5.86. The maximum absolute atomic E-state index is 14.3. The van der Waals surface area contributed by atoms with E-state index in [-0.39, 0.29) is 11.4 Å². The minimum atomic E-state index is -4.88. The highest BCUT2D eigenvalue weighted by Gasteiger charge is 2.35. The van der Waals surface area contributed by atoms with Gasteiger partial charge in [0.05, 0.1) is 35.8 Å². The lowest BCUT2D eigenvalue weighted by atomic mass is 10.1. The molecule has 156 valence electrons. The molecule has 1 N–H and O–H groups in total. The van der Waals surface area contributed by atoms with E-state index in [1.807, 2.05) is 0 Å². The lowest BCUT2D eigenvalue weighted by Crippen LogP contribution is -2.21. The molecule has 0 aliphatic rings. The van der Waals surface area contributed by atoms with Crippen molar-refractivity contribution in [3.8, 4) is 5.88 Å². The zero-order valence-electron chi connectivity index (χ0n) is 15.9. The second kappa shape index (κ2) is 8.36. The number of methoxy groups -OCH3 is 1. The second-order valence-corrected chi connectivity index (χ2v) is 6.11. The maximum atomic E-state index is 14.3. The molecule has 0 atom stereocenters. The van der Waals surface area contributed by atoms with Crippen molar-refractivity contribution in [1.82, 2.24) is 9.97 Å². The van der Waals surface area contributed by atoms with Crippen LogP contribution in [0, 0.1) is 5.82 Å². The van der Waals surface area contributed by atoms with Gasteiger partial charge >= 0.3 is 6.18 Å². The third-order valence-corrected chi connectivity index (χ3v) is 4.22. The van der Waals surface area contributed by atoms with Crippen LogP contribution in [0.15, 0.2) is 54.9 Å². The number of carbonyl (C=O) groups is 1. The molecule has 0 radical (unpaired) electrons. The summed E-state index contributed by atoms with van der Waals surface area (Å²) in [4.78, 5) is 22.5. The van der Waals surface area contributed by atoms with Gasteiger partial charge in [-0.15, -0.1) is 0 Å². The van der Waals surface area contributed by atoms with Gasteiger partial charge in [0.25, 0.3) is 5.91 Å². The van der Waals surface area contributed by atoms with Gasteiger partial charge < -0.3 is 15.0 Å². The number of benzene rings is 1. The standard InChI is InChI=1S/C20H16F4N4O2/c1-28(12-8-9-16(30-2)26-11-12)18-13(5-4-10-25-18)19(29)27-15-7-3-6-14(17(15)21)20(22,23)24/h3-11H,1-2H3,(H,27,29). The molecule has 0 aliphatic heterocycles. The normalized spacial score (nSPS) is 11.1. The highest BCUT2D eigenvalue weighted by molar-refractivity contribution is 6.08. The first-order chi connectivity index (χ1) is 14.2. The fraction of sp³-hybridized carbons (Fsp3) is 0.150. The minimum Gasteiger partial charge on any atom is -0.481 e. The maximum Gasteiger partial charge on any atom is 0.419 e. The number of carbonyl (C=O) groups excluding carboxylic acids is 1. The van der Waals surface area contributed by atoms with Gasteiger partial charge in [0, 0.05) is 19.3 Å². The molecular formula is C20H16F4N4O2. The molecule has 1 amide bonds. The summed E-state index contributed by atoms with van der Waals surface area (Å²) < 4.78 is 58.0. The number of alkyl halides is 3. The average molecular weight is 420 g/mol. The highest BCUT2D eigenvalue weighted by Crippen LogP contribution is 2.34. The van der Waals surface area contributed by atoms with E-state index in [4.69, 9.17) is 4.74 Å². The average Bonchev–Trinajstić information content (AvgIpc) is 2.74. The van der Waals surface area contributed by atoms with Gasteiger partial charge in [-0.3, -0.25) is 4.79 Å². The quantitative estimate of drug-likeness (QED) is 0.608. The summed E-state index contributed by atoms with van der Waals surface area (Å²) in [7, 11) is 3.10. The Labute approximate surface area is 169 Å². The van der Waals surface area contributed by atoms with E-state index in [0.717, 1.165) is 12.1 Å². The van der Waals surface area contributed by atoms with Gasteiger partial charge in [-0.2, -0.15) is 13.2 Å². The summed E-state index contributed by atoms with van der Waals surface area (Å²) >= 11 is 0. The zero-order chi connectivity index (χ0) is 21.9. The largest absolute Gasteiger partial charge is 0.481 e. The molecule has 0 spiro atoms. The van der Waals surface area contributed by atoms with Gasteiger partial charge in [-0.05, 0) is 30.3 Å². The summed E-state index contributed by atoms with van der Waals surface area (Å²) in [6, 6.07) is 8.89. The van der Waals surface area contributed by atoms with Crippen LogP contribution in [-0.2, 0) is 6.18 Å². The molecule has 3 aromatic rings. The van der Waals surface area contributed by atoms with Crippen molar-refractivity contribution >= 4 is 23.1 Å². The smallest absolute Gasteiger partial charge is 0.419 e. The number of ether oxygens (including phenoxy) is 1. The first kappa shape index (κ1) is 21.0. The molecule has 0 aliphatic carbocycles. The zero-order valence-corrected chi connectivity index (χ0v) is 15.9. The number of rotatable bonds is 5. The molecule has 2 aromatic heterocycles. The Morgan fingerprint density at radius 2 is 1.87 bits per heavy atom. The number of anilines is 3. The molecule has 0 fully saturated rings. The molecule has 10 heteroatoms. The molecular weight excluding hydrogens is 404 g/mol. The first-order valence-electron chi connectivity index (χ1n) is 8.58. The number of nitrogens with zero attached hydrogens (tertiary/aromatic N) is 3. The first-order valence-corrected chi connectivity index (χ1v) is 8.58. The minimum absolute atomic E-state index is 0.0348. The van der Waals surface area contributed by atoms with Crippen LogP contribution >= 0.6 is 0 Å². The molecule has 3 rings (SSSR count). The van der Waals surface area contributed by atoms with Crippen molar-refractivity contribution in [2.75, 3.05) is 24.4 Å². The second-order valence-electron chi connectivity index (χ2n) is 6.11. The van der Waals surface area contributed by atoms with Crippen molar-refractivity contribution in [2.24, 2.45) is 0 Å². The molecule has 0 bridgehead atoms. The summed E-state index contributed by atoms with van der Waals surface area (Å²) in [6.07, 6.45) is -1.93. The summed E-state index contributed by atoms with van der Waals surface area (Å²) in [5.74, 6) is -1.78. The molecule has 6 nitrogen and oxygen atoms in total. The van der Waals surface area contributed by atoms with Gasteiger partial charge in [0.2, 0.25) is 5.88 Å². The van der Waals surface area contributed by atoms with Crippen molar-refractivity contribution in [3.63, 3.8) is 0 Å². The number of halogens is 4. The van der Waals surface area contributed by atoms with Crippen LogP contribution in [0.2, 0.25) is 0 Å². The summed E-state index contributed by atoms with van der Waals surface area (Å²) in [6.45, 7) is 0. The van der Waals surface area contributed by atoms with Gasteiger partial charge in [-0.25, -0.2) is 14.4 Å². The van der Waals surface area contributed by atoms with Crippen LogP contribution in [0.1, 0.15) is 15.9 Å². The van der Waals surface area contributed by atoms with Crippen molar-refractivity contribution < 1.29 is 27.1 Å². The Bertz CT molecular complexity index is 1060. The molecule has 0 saturated heterocycles. The Morgan fingerprint density at radius 3 is 2.50 bits per heavy atom. The Hall–Kier alpha value is -3.69. The Balaban J connectivity index is 1.91. The monoisotopic (exact) mass is 420 g/mol. The number of hydrogen-bond donors (Lipinski definition) is 1. The predicted octanol–water partition coefficient (Wildman–Crippen LogP) is 4.66. The van der Waals surface area contributed by atoms with Gasteiger partial charge in [-0.1, -0.05) is 6.07 Å². The fourth-order valence-electron chi connectivity index (χ4n) is 2.69. The molecule has 1 aromatic carbocycles. The number of pyridine rings is 2. The lowest BCUT2D eigenvalue weighted by Gasteiger charge is -2.21. The van der Waals surface area contributed by atoms with Crippen molar-refractivity contribution in [2.45, 2.75) is 6.18 Å². The number of nitrogens with one attached hydrogen (secondary N) is 1. The van der Waals surface area contributed by atoms with E-state index in [0.29, 0.717) is 17.6 Å². The topological polar surface area (TPSA) is 67.3 Å². The molecule has 0 saturated carbocycles. The van der Waals surface area contributed by atoms with Gasteiger partial charge in [0.1, 0.15) is 5.82 Å². The Morgan fingerprint density at radius 1 is 1.10 bits per heavy atom. The van der Waals surface area contributed by atoms with E-state index in [1.165, 1.54) is 31.6 Å².